The van der Waals surface area contributed by atoms with Gasteiger partial charge in [0, 0.05) is 6.04 Å². The van der Waals surface area contributed by atoms with Gasteiger partial charge in [-0.3, -0.25) is 0 Å². The van der Waals surface area contributed by atoms with Gasteiger partial charge in [-0.1, -0.05) is 38.5 Å². The lowest BCUT2D eigenvalue weighted by atomic mass is 9.95. The highest BCUT2D eigenvalue weighted by atomic mass is 14.9. The molecule has 0 aromatic rings. The van der Waals surface area contributed by atoms with Crippen molar-refractivity contribution in [2.75, 3.05) is 0 Å². The Morgan fingerprint density at radius 1 is 1.29 bits per heavy atom. The summed E-state index contributed by atoms with van der Waals surface area (Å²) in [4.78, 5) is 0. The average Bonchev–Trinajstić information content (AvgIpc) is 2.19. The number of hydrogen-bond donors (Lipinski definition) is 2. The number of nitrogens with two attached hydrogens (primary N) is 1. The summed E-state index contributed by atoms with van der Waals surface area (Å²) in [5.41, 5.74) is 7.29. The summed E-state index contributed by atoms with van der Waals surface area (Å²) in [6, 6.07) is 0.563. The Labute approximate surface area is 86.6 Å². The Morgan fingerprint density at radius 2 is 1.93 bits per heavy atom. The zero-order valence-electron chi connectivity index (χ0n) is 8.76. The van der Waals surface area contributed by atoms with Crippen molar-refractivity contribution >= 4 is 0 Å². The van der Waals surface area contributed by atoms with Gasteiger partial charge in [0.05, 0.1) is 11.4 Å². The molecular weight excluding hydrogens is 172 g/mol. The maximum Gasteiger partial charge on any atom is 0.0543 e. The van der Waals surface area contributed by atoms with Gasteiger partial charge in [0.2, 0.25) is 0 Å². The van der Waals surface area contributed by atoms with E-state index >= 15 is 0 Å². The minimum atomic E-state index is 0.563. The molecule has 0 aromatic carbocycles. The molecule has 1 aliphatic rings. The molecule has 1 aliphatic carbocycles. The predicted octanol–water partition coefficient (Wildman–Crippen LogP) is 2.45. The molecule has 0 spiro atoms. The lowest BCUT2D eigenvalue weighted by molar-refractivity contribution is 0.398. The molecule has 14 heavy (non-hydrogen) atoms. The van der Waals surface area contributed by atoms with Gasteiger partial charge < -0.3 is 11.1 Å². The van der Waals surface area contributed by atoms with Crippen molar-refractivity contribution in [1.29, 1.82) is 0 Å². The molecule has 0 atom stereocenters. The van der Waals surface area contributed by atoms with Crippen LogP contribution in [0.4, 0.5) is 0 Å². The largest absolute Gasteiger partial charge is 0.397 e. The van der Waals surface area contributed by atoms with Crippen LogP contribution in [0.5, 0.6) is 0 Å². The van der Waals surface area contributed by atoms with Crippen LogP contribution in [0.15, 0.2) is 36.7 Å². The van der Waals surface area contributed by atoms with Crippen LogP contribution >= 0.6 is 0 Å². The summed E-state index contributed by atoms with van der Waals surface area (Å²) in [5, 5.41) is 3.37. The summed E-state index contributed by atoms with van der Waals surface area (Å²) in [5.74, 6) is 0. The van der Waals surface area contributed by atoms with Gasteiger partial charge in [0.1, 0.15) is 0 Å². The Balaban J connectivity index is 2.39. The molecule has 0 unspecified atom stereocenters. The van der Waals surface area contributed by atoms with Gasteiger partial charge in [-0.05, 0) is 18.9 Å². The first kappa shape index (κ1) is 10.9. The Bertz CT molecular complexity index is 235. The number of hydrogen-bond acceptors (Lipinski definition) is 2. The van der Waals surface area contributed by atoms with Crippen LogP contribution in [0.25, 0.3) is 0 Å². The Hall–Kier alpha value is -1.18. The summed E-state index contributed by atoms with van der Waals surface area (Å²) in [6.07, 6.45) is 9.93. The monoisotopic (exact) mass is 192 g/mol. The molecule has 0 heterocycles. The molecule has 0 aliphatic heterocycles. The van der Waals surface area contributed by atoms with E-state index < -0.39 is 0 Å². The van der Waals surface area contributed by atoms with Crippen molar-refractivity contribution < 1.29 is 0 Å². The van der Waals surface area contributed by atoms with Crippen LogP contribution in [-0.2, 0) is 0 Å². The van der Waals surface area contributed by atoms with Gasteiger partial charge in [-0.2, -0.15) is 0 Å². The highest BCUT2D eigenvalue weighted by Gasteiger charge is 2.13. The standard InChI is InChI=1S/C12H20N2/c1-3-7-12(13)10(2)14-11-8-5-4-6-9-11/h3,7,11,14H,1-2,4-6,8-9,13H2/b12-7-. The third-order valence-corrected chi connectivity index (χ3v) is 2.63. The zero-order valence-corrected chi connectivity index (χ0v) is 8.76. The van der Waals surface area contributed by atoms with E-state index in [1.165, 1.54) is 32.1 Å². The first-order chi connectivity index (χ1) is 6.74. The minimum absolute atomic E-state index is 0.563. The lowest BCUT2D eigenvalue weighted by Gasteiger charge is -2.24. The van der Waals surface area contributed by atoms with Crippen LogP contribution in [0.3, 0.4) is 0 Å². The van der Waals surface area contributed by atoms with E-state index in [4.69, 9.17) is 5.73 Å². The number of nitrogens with one attached hydrogen (secondary N) is 1. The van der Waals surface area contributed by atoms with Crippen LogP contribution in [0.1, 0.15) is 32.1 Å². The molecule has 2 heteroatoms. The molecule has 2 nitrogen and oxygen atoms in total. The molecule has 0 amide bonds. The van der Waals surface area contributed by atoms with Crippen LogP contribution in [-0.4, -0.2) is 6.04 Å². The molecule has 1 fully saturated rings. The maximum absolute atomic E-state index is 5.77. The first-order valence-electron chi connectivity index (χ1n) is 5.28. The number of allylic oxidation sites excluding steroid dienone is 2. The highest BCUT2D eigenvalue weighted by molar-refractivity contribution is 5.27. The molecular formula is C12H20N2. The lowest BCUT2D eigenvalue weighted by Crippen LogP contribution is -2.31. The maximum atomic E-state index is 5.77. The van der Waals surface area contributed by atoms with Crippen LogP contribution in [0.2, 0.25) is 0 Å². The highest BCUT2D eigenvalue weighted by Crippen LogP contribution is 2.18. The Kier molecular flexibility index (Phi) is 4.30. The van der Waals surface area contributed by atoms with E-state index in [0.717, 1.165) is 5.70 Å². The predicted molar refractivity (Wildman–Crippen MR) is 61.6 cm³/mol. The van der Waals surface area contributed by atoms with Crippen molar-refractivity contribution in [2.24, 2.45) is 5.73 Å². The van der Waals surface area contributed by atoms with Crippen molar-refractivity contribution in [3.05, 3.63) is 36.7 Å². The second kappa shape index (κ2) is 5.53. The van der Waals surface area contributed by atoms with Crippen molar-refractivity contribution in [2.45, 2.75) is 38.1 Å². The Morgan fingerprint density at radius 3 is 2.50 bits per heavy atom. The summed E-state index contributed by atoms with van der Waals surface area (Å²) < 4.78 is 0. The number of rotatable bonds is 4. The molecule has 1 saturated carbocycles. The second-order valence-electron chi connectivity index (χ2n) is 3.82. The van der Waals surface area contributed by atoms with Crippen molar-refractivity contribution in [3.8, 4) is 0 Å². The summed E-state index contributed by atoms with van der Waals surface area (Å²) in [7, 11) is 0. The molecule has 1 rings (SSSR count). The van der Waals surface area contributed by atoms with E-state index in [-0.39, 0.29) is 0 Å². The smallest absolute Gasteiger partial charge is 0.0543 e. The van der Waals surface area contributed by atoms with Gasteiger partial charge >= 0.3 is 0 Å². The van der Waals surface area contributed by atoms with Crippen LogP contribution in [0, 0.1) is 0 Å². The van der Waals surface area contributed by atoms with E-state index in [1.54, 1.807) is 12.2 Å². The van der Waals surface area contributed by atoms with Gasteiger partial charge in [-0.25, -0.2) is 0 Å². The quantitative estimate of drug-likeness (QED) is 0.671. The molecule has 0 bridgehead atoms. The second-order valence-corrected chi connectivity index (χ2v) is 3.82. The normalized spacial score (nSPS) is 19.0. The molecule has 3 N–H and O–H groups in total. The van der Waals surface area contributed by atoms with Crippen molar-refractivity contribution in [3.63, 3.8) is 0 Å². The van der Waals surface area contributed by atoms with Crippen molar-refractivity contribution in [1.82, 2.24) is 5.32 Å². The van der Waals surface area contributed by atoms with Gasteiger partial charge in [0.25, 0.3) is 0 Å². The molecule has 0 radical (unpaired) electrons. The SMILES string of the molecule is C=C/C=C(\N)C(=C)NC1CCCCC1. The van der Waals surface area contributed by atoms with E-state index in [9.17, 15) is 0 Å². The van der Waals surface area contributed by atoms with E-state index in [0.29, 0.717) is 11.7 Å². The van der Waals surface area contributed by atoms with Gasteiger partial charge in [-0.15, -0.1) is 0 Å². The zero-order chi connectivity index (χ0) is 10.4. The third kappa shape index (κ3) is 3.29. The molecule has 0 aromatic heterocycles. The summed E-state index contributed by atoms with van der Waals surface area (Å²) >= 11 is 0. The molecule has 78 valence electrons. The average molecular weight is 192 g/mol. The minimum Gasteiger partial charge on any atom is -0.397 e. The third-order valence-electron chi connectivity index (χ3n) is 2.63. The fraction of sp³-hybridized carbons (Fsp3) is 0.500. The summed E-state index contributed by atoms with van der Waals surface area (Å²) in [6.45, 7) is 7.52. The van der Waals surface area contributed by atoms with E-state index in [2.05, 4.69) is 18.5 Å². The fourth-order valence-electron chi connectivity index (χ4n) is 1.80. The van der Waals surface area contributed by atoms with E-state index in [1.807, 2.05) is 0 Å². The van der Waals surface area contributed by atoms with Crippen LogP contribution < -0.4 is 11.1 Å². The first-order valence-corrected chi connectivity index (χ1v) is 5.28. The molecule has 0 saturated heterocycles. The van der Waals surface area contributed by atoms with Gasteiger partial charge in [0.15, 0.2) is 0 Å². The topological polar surface area (TPSA) is 38.0 Å². The fourth-order valence-corrected chi connectivity index (χ4v) is 1.80.